The number of nitrogens with zero attached hydrogens (tertiary/aromatic N) is 1. The van der Waals surface area contributed by atoms with E-state index >= 15 is 0 Å². The van der Waals surface area contributed by atoms with Crippen LogP contribution in [0.3, 0.4) is 0 Å². The third-order valence-corrected chi connectivity index (χ3v) is 4.57. The quantitative estimate of drug-likeness (QED) is 0.709. The summed E-state index contributed by atoms with van der Waals surface area (Å²) in [5.74, 6) is -0.687. The van der Waals surface area contributed by atoms with E-state index in [0.29, 0.717) is 31.6 Å². The summed E-state index contributed by atoms with van der Waals surface area (Å²) >= 11 is 0. The molecule has 24 heavy (non-hydrogen) atoms. The molecule has 0 amide bonds. The number of allylic oxidation sites excluding steroid dienone is 1. The van der Waals surface area contributed by atoms with Gasteiger partial charge in [-0.1, -0.05) is 6.92 Å². The molecule has 3 rings (SSSR count). The van der Waals surface area contributed by atoms with E-state index in [1.54, 1.807) is 19.1 Å². The van der Waals surface area contributed by atoms with Gasteiger partial charge in [-0.2, -0.15) is 0 Å². The molecule has 6 heteroatoms. The van der Waals surface area contributed by atoms with Crippen LogP contribution in [0.2, 0.25) is 0 Å². The fraction of sp³-hybridized carbons (Fsp3) is 0.444. The molecule has 1 aliphatic rings. The molecule has 4 nitrogen and oxygen atoms in total. The summed E-state index contributed by atoms with van der Waals surface area (Å²) in [6.07, 6.45) is 1.56. The minimum absolute atomic E-state index is 0.343. The number of rotatable bonds is 6. The van der Waals surface area contributed by atoms with Crippen LogP contribution in [0.15, 0.2) is 24.3 Å². The summed E-state index contributed by atoms with van der Waals surface area (Å²) in [6, 6.07) is 4.54. The van der Waals surface area contributed by atoms with Crippen molar-refractivity contribution in [3.8, 4) is 0 Å². The fourth-order valence-corrected chi connectivity index (χ4v) is 3.38. The van der Waals surface area contributed by atoms with Crippen LogP contribution < -0.4 is 11.1 Å². The third kappa shape index (κ3) is 3.09. The van der Waals surface area contributed by atoms with Gasteiger partial charge in [-0.25, -0.2) is 8.78 Å². The van der Waals surface area contributed by atoms with Crippen molar-refractivity contribution in [1.29, 1.82) is 0 Å². The highest BCUT2D eigenvalue weighted by Crippen LogP contribution is 2.39. The van der Waals surface area contributed by atoms with E-state index in [1.807, 2.05) is 4.57 Å². The number of halogens is 2. The van der Waals surface area contributed by atoms with Crippen LogP contribution in [0.4, 0.5) is 8.78 Å². The summed E-state index contributed by atoms with van der Waals surface area (Å²) in [4.78, 5) is 0. The maximum absolute atomic E-state index is 14.1. The predicted molar refractivity (Wildman–Crippen MR) is 92.2 cm³/mol. The van der Waals surface area contributed by atoms with Gasteiger partial charge >= 0.3 is 0 Å². The molecule has 3 unspecified atom stereocenters. The van der Waals surface area contributed by atoms with Gasteiger partial charge in [0.1, 0.15) is 12.0 Å². The molecule has 0 saturated carbocycles. The first-order valence-corrected chi connectivity index (χ1v) is 8.25. The lowest BCUT2D eigenvalue weighted by molar-refractivity contribution is 0.153. The minimum atomic E-state index is -1.09. The van der Waals surface area contributed by atoms with Gasteiger partial charge in [-0.05, 0) is 35.9 Å². The third-order valence-electron chi connectivity index (χ3n) is 4.57. The zero-order valence-electron chi connectivity index (χ0n) is 13.7. The Bertz CT molecular complexity index is 756. The summed E-state index contributed by atoms with van der Waals surface area (Å²) < 4.78 is 29.8. The number of nitrogens with two attached hydrogens (primary N) is 1. The van der Waals surface area contributed by atoms with Crippen LogP contribution >= 0.6 is 0 Å². The topological polar surface area (TPSA) is 63.2 Å². The summed E-state index contributed by atoms with van der Waals surface area (Å²) in [5.41, 5.74) is 7.89. The highest BCUT2D eigenvalue weighted by molar-refractivity contribution is 5.89. The molecular formula is C18H23F2N3O. The van der Waals surface area contributed by atoms with Crippen LogP contribution in [-0.2, 0) is 6.54 Å². The Morgan fingerprint density at radius 2 is 2.21 bits per heavy atom. The van der Waals surface area contributed by atoms with Gasteiger partial charge in [0.05, 0.1) is 12.6 Å². The number of aliphatic hydroxyl groups is 1. The Morgan fingerprint density at radius 1 is 1.42 bits per heavy atom. The summed E-state index contributed by atoms with van der Waals surface area (Å²) in [7, 11) is 0. The van der Waals surface area contributed by atoms with E-state index in [9.17, 15) is 13.9 Å². The predicted octanol–water partition coefficient (Wildman–Crippen LogP) is 2.16. The Balaban J connectivity index is 2.01. The number of alkyl halides is 1. The monoisotopic (exact) mass is 335 g/mol. The molecule has 4 N–H and O–H groups in total. The molecule has 2 aromatic rings. The normalized spacial score (nSPS) is 21.2. The summed E-state index contributed by atoms with van der Waals surface area (Å²) in [6.45, 7) is 3.71. The Hall–Kier alpha value is -1.76. The van der Waals surface area contributed by atoms with Gasteiger partial charge in [-0.3, -0.25) is 0 Å². The maximum Gasteiger partial charge on any atom is 0.125 e. The van der Waals surface area contributed by atoms with Crippen molar-refractivity contribution in [2.24, 2.45) is 5.73 Å². The molecule has 1 aliphatic carbocycles. The Labute approximate surface area is 140 Å². The molecule has 0 bridgehead atoms. The number of aromatic nitrogens is 1. The number of hydrogen-bond donors (Lipinski definition) is 3. The van der Waals surface area contributed by atoms with Crippen LogP contribution in [0.25, 0.3) is 17.0 Å². The molecular weight excluding hydrogens is 312 g/mol. The van der Waals surface area contributed by atoms with Crippen LogP contribution in [0, 0.1) is 5.82 Å². The standard InChI is InChI=1S/C18H23F2N3O/c1-11-15(20)3-5-17-18(11)14-8-12(19)2-4-16(14)23(17)10-13(24)9-22-7-6-21/h2-5,8,11,13,15,22,24H,6-7,9-10,21H2,1H3. The van der Waals surface area contributed by atoms with Crippen LogP contribution in [0.1, 0.15) is 24.1 Å². The molecule has 1 aromatic heterocycles. The zero-order chi connectivity index (χ0) is 17.3. The number of nitrogens with one attached hydrogen (secondary N) is 1. The average molecular weight is 335 g/mol. The number of hydrogen-bond acceptors (Lipinski definition) is 3. The van der Waals surface area contributed by atoms with E-state index < -0.39 is 12.3 Å². The lowest BCUT2D eigenvalue weighted by Crippen LogP contribution is -2.33. The zero-order valence-corrected chi connectivity index (χ0v) is 13.7. The van der Waals surface area contributed by atoms with Crippen molar-refractivity contribution >= 4 is 17.0 Å². The molecule has 1 heterocycles. The first-order valence-electron chi connectivity index (χ1n) is 8.25. The second-order valence-electron chi connectivity index (χ2n) is 6.31. The molecule has 0 saturated heterocycles. The second kappa shape index (κ2) is 7.01. The molecule has 3 atom stereocenters. The smallest absolute Gasteiger partial charge is 0.125 e. The first kappa shape index (κ1) is 17.1. The van der Waals surface area contributed by atoms with Crippen molar-refractivity contribution in [2.45, 2.75) is 31.7 Å². The van der Waals surface area contributed by atoms with Crippen molar-refractivity contribution in [1.82, 2.24) is 9.88 Å². The van der Waals surface area contributed by atoms with Crippen molar-refractivity contribution in [2.75, 3.05) is 19.6 Å². The molecule has 0 radical (unpaired) electrons. The van der Waals surface area contributed by atoms with Gasteiger partial charge in [0.25, 0.3) is 0 Å². The van der Waals surface area contributed by atoms with E-state index in [4.69, 9.17) is 5.73 Å². The Morgan fingerprint density at radius 3 is 2.96 bits per heavy atom. The first-order chi connectivity index (χ1) is 11.5. The highest BCUT2D eigenvalue weighted by Gasteiger charge is 2.28. The fourth-order valence-electron chi connectivity index (χ4n) is 3.38. The van der Waals surface area contributed by atoms with Gasteiger partial charge < -0.3 is 20.7 Å². The largest absolute Gasteiger partial charge is 0.390 e. The number of fused-ring (bicyclic) bond motifs is 3. The maximum atomic E-state index is 14.1. The van der Waals surface area contributed by atoms with E-state index in [2.05, 4.69) is 5.32 Å². The molecule has 0 spiro atoms. The molecule has 1 aromatic carbocycles. The lowest BCUT2D eigenvalue weighted by Gasteiger charge is -2.21. The van der Waals surface area contributed by atoms with E-state index in [0.717, 1.165) is 16.8 Å². The lowest BCUT2D eigenvalue weighted by atomic mass is 9.89. The van der Waals surface area contributed by atoms with Gasteiger partial charge in [0.2, 0.25) is 0 Å². The van der Waals surface area contributed by atoms with Crippen molar-refractivity contribution in [3.63, 3.8) is 0 Å². The SMILES string of the molecule is CC1c2c(n(CC(O)CNCCN)c3ccc(F)cc23)C=CC1F. The Kier molecular flexibility index (Phi) is 4.99. The van der Waals surface area contributed by atoms with Gasteiger partial charge in [0.15, 0.2) is 0 Å². The number of aliphatic hydroxyl groups excluding tert-OH is 1. The second-order valence-corrected chi connectivity index (χ2v) is 6.31. The van der Waals surface area contributed by atoms with Gasteiger partial charge in [-0.15, -0.1) is 0 Å². The van der Waals surface area contributed by atoms with Crippen molar-refractivity contribution in [3.05, 3.63) is 41.3 Å². The van der Waals surface area contributed by atoms with Crippen LogP contribution in [0.5, 0.6) is 0 Å². The number of benzene rings is 1. The minimum Gasteiger partial charge on any atom is -0.390 e. The average Bonchev–Trinajstić information content (AvgIpc) is 2.85. The highest BCUT2D eigenvalue weighted by atomic mass is 19.1. The molecule has 130 valence electrons. The van der Waals surface area contributed by atoms with Gasteiger partial charge in [0, 0.05) is 42.1 Å². The van der Waals surface area contributed by atoms with E-state index in [1.165, 1.54) is 18.2 Å². The molecule has 0 fully saturated rings. The molecule has 0 aliphatic heterocycles. The van der Waals surface area contributed by atoms with Crippen molar-refractivity contribution < 1.29 is 13.9 Å². The summed E-state index contributed by atoms with van der Waals surface area (Å²) in [5, 5.41) is 14.1. The van der Waals surface area contributed by atoms with E-state index in [-0.39, 0.29) is 11.7 Å². The van der Waals surface area contributed by atoms with Crippen LogP contribution in [-0.4, -0.2) is 41.6 Å².